The molecular formula is C18H29N4O2+. The van der Waals surface area contributed by atoms with Crippen molar-refractivity contribution in [3.05, 3.63) is 29.3 Å². The number of amides is 3. The summed E-state index contributed by atoms with van der Waals surface area (Å²) in [6, 6.07) is 6.00. The average Bonchev–Trinajstić information content (AvgIpc) is 2.56. The first-order chi connectivity index (χ1) is 11.5. The zero-order valence-electron chi connectivity index (χ0n) is 14.9. The molecule has 1 aliphatic rings. The van der Waals surface area contributed by atoms with Crippen LogP contribution in [0.1, 0.15) is 24.5 Å². The van der Waals surface area contributed by atoms with E-state index in [1.807, 2.05) is 6.92 Å². The number of carbonyl (C=O) groups is 2. The van der Waals surface area contributed by atoms with E-state index < -0.39 is 6.03 Å². The van der Waals surface area contributed by atoms with Gasteiger partial charge in [-0.15, -0.1) is 0 Å². The third-order valence-corrected chi connectivity index (χ3v) is 4.59. The fraction of sp³-hybridized carbons (Fsp3) is 0.556. The Hall–Kier alpha value is -2.08. The number of nitrogens with one attached hydrogen (secondary N) is 3. The lowest BCUT2D eigenvalue weighted by atomic mass is 10.1. The Morgan fingerprint density at radius 3 is 2.58 bits per heavy atom. The number of carbonyl (C=O) groups excluding carboxylic acids is 2. The van der Waals surface area contributed by atoms with Crippen LogP contribution in [0.3, 0.4) is 0 Å². The van der Waals surface area contributed by atoms with Gasteiger partial charge < -0.3 is 15.1 Å². The SMILES string of the molecule is CCCNC(=O)NC(=O)C[NH+]1CCN(c2cccc(C)c2C)CC1. The van der Waals surface area contributed by atoms with Crippen LogP contribution < -0.4 is 20.4 Å². The number of urea groups is 1. The summed E-state index contributed by atoms with van der Waals surface area (Å²) in [4.78, 5) is 27.0. The topological polar surface area (TPSA) is 65.9 Å². The lowest BCUT2D eigenvalue weighted by Crippen LogP contribution is -3.16. The molecule has 3 amide bonds. The highest BCUT2D eigenvalue weighted by atomic mass is 16.2. The Kier molecular flexibility index (Phi) is 6.61. The molecule has 6 nitrogen and oxygen atoms in total. The van der Waals surface area contributed by atoms with Crippen molar-refractivity contribution in [1.82, 2.24) is 10.6 Å². The van der Waals surface area contributed by atoms with Crippen molar-refractivity contribution in [2.75, 3.05) is 44.2 Å². The molecular weight excluding hydrogens is 304 g/mol. The molecule has 1 aromatic rings. The van der Waals surface area contributed by atoms with Gasteiger partial charge in [-0.3, -0.25) is 10.1 Å². The molecule has 1 aromatic carbocycles. The maximum atomic E-state index is 11.9. The summed E-state index contributed by atoms with van der Waals surface area (Å²) in [6.07, 6.45) is 0.854. The van der Waals surface area contributed by atoms with Crippen molar-refractivity contribution in [2.45, 2.75) is 27.2 Å². The number of rotatable bonds is 5. The highest BCUT2D eigenvalue weighted by Gasteiger charge is 2.23. The molecule has 2 rings (SSSR count). The maximum Gasteiger partial charge on any atom is 0.321 e. The summed E-state index contributed by atoms with van der Waals surface area (Å²) >= 11 is 0. The predicted octanol–water partition coefficient (Wildman–Crippen LogP) is 0.244. The van der Waals surface area contributed by atoms with Crippen LogP contribution in [0.2, 0.25) is 0 Å². The smallest absolute Gasteiger partial charge is 0.321 e. The van der Waals surface area contributed by atoms with Crippen molar-refractivity contribution in [3.8, 4) is 0 Å². The fourth-order valence-corrected chi connectivity index (χ4v) is 3.00. The summed E-state index contributed by atoms with van der Waals surface area (Å²) in [6.45, 7) is 10.8. The van der Waals surface area contributed by atoms with E-state index >= 15 is 0 Å². The Morgan fingerprint density at radius 1 is 1.21 bits per heavy atom. The van der Waals surface area contributed by atoms with Crippen LogP contribution in [0.25, 0.3) is 0 Å². The number of hydrogen-bond donors (Lipinski definition) is 3. The summed E-state index contributed by atoms with van der Waals surface area (Å²) in [7, 11) is 0. The van der Waals surface area contributed by atoms with Crippen LogP contribution in [0.4, 0.5) is 10.5 Å². The molecule has 0 spiro atoms. The zero-order valence-corrected chi connectivity index (χ0v) is 14.9. The van der Waals surface area contributed by atoms with Crippen LogP contribution in [-0.2, 0) is 4.79 Å². The number of hydrogen-bond acceptors (Lipinski definition) is 3. The van der Waals surface area contributed by atoms with E-state index in [0.29, 0.717) is 13.1 Å². The summed E-state index contributed by atoms with van der Waals surface area (Å²) < 4.78 is 0. The van der Waals surface area contributed by atoms with Gasteiger partial charge in [0.05, 0.1) is 26.2 Å². The quantitative estimate of drug-likeness (QED) is 0.723. The van der Waals surface area contributed by atoms with Gasteiger partial charge in [0.15, 0.2) is 6.54 Å². The third-order valence-electron chi connectivity index (χ3n) is 4.59. The van der Waals surface area contributed by atoms with Crippen LogP contribution in [0.5, 0.6) is 0 Å². The van der Waals surface area contributed by atoms with Gasteiger partial charge in [-0.1, -0.05) is 19.1 Å². The maximum absolute atomic E-state index is 11.9. The molecule has 1 fully saturated rings. The Labute approximate surface area is 144 Å². The number of aryl methyl sites for hydroxylation is 1. The van der Waals surface area contributed by atoms with Crippen molar-refractivity contribution in [1.29, 1.82) is 0 Å². The fourth-order valence-electron chi connectivity index (χ4n) is 3.00. The normalized spacial score (nSPS) is 15.2. The lowest BCUT2D eigenvalue weighted by Gasteiger charge is -2.34. The van der Waals surface area contributed by atoms with E-state index in [4.69, 9.17) is 0 Å². The summed E-state index contributed by atoms with van der Waals surface area (Å²) in [5.74, 6) is -0.209. The van der Waals surface area contributed by atoms with E-state index in [9.17, 15) is 9.59 Å². The van der Waals surface area contributed by atoms with E-state index in [-0.39, 0.29) is 5.91 Å². The van der Waals surface area contributed by atoms with E-state index in [0.717, 1.165) is 32.6 Å². The van der Waals surface area contributed by atoms with Gasteiger partial charge >= 0.3 is 6.03 Å². The molecule has 1 saturated heterocycles. The van der Waals surface area contributed by atoms with Crippen LogP contribution in [0, 0.1) is 13.8 Å². The molecule has 0 aliphatic carbocycles. The van der Waals surface area contributed by atoms with Crippen molar-refractivity contribution < 1.29 is 14.5 Å². The Balaban J connectivity index is 1.79. The standard InChI is InChI=1S/C18H28N4O2/c1-4-8-19-18(24)20-17(23)13-21-9-11-22(12-10-21)16-7-5-6-14(2)15(16)3/h5-7H,4,8-13H2,1-3H3,(H2,19,20,23,24)/p+1. The number of quaternary nitrogens is 1. The van der Waals surface area contributed by atoms with Crippen molar-refractivity contribution in [3.63, 3.8) is 0 Å². The number of anilines is 1. The molecule has 1 aliphatic heterocycles. The molecule has 0 atom stereocenters. The zero-order chi connectivity index (χ0) is 17.5. The molecule has 0 aromatic heterocycles. The lowest BCUT2D eigenvalue weighted by molar-refractivity contribution is -0.892. The van der Waals surface area contributed by atoms with Crippen LogP contribution in [0.15, 0.2) is 18.2 Å². The minimum atomic E-state index is -0.393. The van der Waals surface area contributed by atoms with Gasteiger partial charge in [0.1, 0.15) is 0 Å². The molecule has 1 heterocycles. The first kappa shape index (κ1) is 18.3. The second-order valence-corrected chi connectivity index (χ2v) is 6.44. The monoisotopic (exact) mass is 333 g/mol. The summed E-state index contributed by atoms with van der Waals surface area (Å²) in [5.41, 5.74) is 3.92. The highest BCUT2D eigenvalue weighted by Crippen LogP contribution is 2.22. The van der Waals surface area contributed by atoms with Crippen LogP contribution >= 0.6 is 0 Å². The molecule has 0 saturated carbocycles. The van der Waals surface area contributed by atoms with Gasteiger partial charge in [-0.05, 0) is 37.5 Å². The minimum Gasteiger partial charge on any atom is -0.360 e. The average molecular weight is 333 g/mol. The number of nitrogens with zero attached hydrogens (tertiary/aromatic N) is 1. The Morgan fingerprint density at radius 2 is 1.92 bits per heavy atom. The van der Waals surface area contributed by atoms with E-state index in [2.05, 4.69) is 47.6 Å². The predicted molar refractivity (Wildman–Crippen MR) is 95.5 cm³/mol. The first-order valence-electron chi connectivity index (χ1n) is 8.73. The number of piperazine rings is 1. The number of benzene rings is 1. The molecule has 0 unspecified atom stereocenters. The molecule has 6 heteroatoms. The third kappa shape index (κ3) is 4.96. The second kappa shape index (κ2) is 8.68. The molecule has 132 valence electrons. The van der Waals surface area contributed by atoms with Gasteiger partial charge in [-0.2, -0.15) is 0 Å². The largest absolute Gasteiger partial charge is 0.360 e. The van der Waals surface area contributed by atoms with Crippen molar-refractivity contribution >= 4 is 17.6 Å². The van der Waals surface area contributed by atoms with Crippen LogP contribution in [-0.4, -0.2) is 51.2 Å². The van der Waals surface area contributed by atoms with Gasteiger partial charge in [0, 0.05) is 12.2 Å². The van der Waals surface area contributed by atoms with Gasteiger partial charge in [0.2, 0.25) is 0 Å². The van der Waals surface area contributed by atoms with E-state index in [1.165, 1.54) is 21.7 Å². The van der Waals surface area contributed by atoms with E-state index in [1.54, 1.807) is 0 Å². The molecule has 0 radical (unpaired) electrons. The summed E-state index contributed by atoms with van der Waals surface area (Å²) in [5, 5.41) is 5.05. The first-order valence-corrected chi connectivity index (χ1v) is 8.73. The highest BCUT2D eigenvalue weighted by molar-refractivity contribution is 5.94. The van der Waals surface area contributed by atoms with Crippen molar-refractivity contribution in [2.24, 2.45) is 0 Å². The molecule has 3 N–H and O–H groups in total. The Bertz CT molecular complexity index is 580. The molecule has 24 heavy (non-hydrogen) atoms. The minimum absolute atomic E-state index is 0.209. The second-order valence-electron chi connectivity index (χ2n) is 6.44. The van der Waals surface area contributed by atoms with Gasteiger partial charge in [0.25, 0.3) is 5.91 Å². The van der Waals surface area contributed by atoms with Gasteiger partial charge in [-0.25, -0.2) is 4.79 Å². The molecule has 0 bridgehead atoms. The number of imide groups is 1.